The highest BCUT2D eigenvalue weighted by Crippen LogP contribution is 2.52. The lowest BCUT2D eigenvalue weighted by molar-refractivity contribution is -0.141. The Hall–Kier alpha value is -4.14. The number of alkyl halides is 3. The quantitative estimate of drug-likeness (QED) is 0.473. The number of aromatic nitrogens is 7. The minimum absolute atomic E-state index is 0.0263. The number of nitrogens with zero attached hydrogens (tertiary/aromatic N) is 7. The van der Waals surface area contributed by atoms with Crippen LogP contribution >= 0.6 is 0 Å². The van der Waals surface area contributed by atoms with Gasteiger partial charge in [0.05, 0.1) is 6.04 Å². The summed E-state index contributed by atoms with van der Waals surface area (Å²) < 4.78 is 40.1. The number of hydrogen-bond acceptors (Lipinski definition) is 7. The van der Waals surface area contributed by atoms with E-state index in [1.807, 2.05) is 13.0 Å². The van der Waals surface area contributed by atoms with Gasteiger partial charge in [-0.1, -0.05) is 13.0 Å². The van der Waals surface area contributed by atoms with Crippen molar-refractivity contribution in [1.82, 2.24) is 34.7 Å². The van der Waals surface area contributed by atoms with Crippen molar-refractivity contribution in [2.45, 2.75) is 50.2 Å². The monoisotopic (exact) mass is 480 g/mol. The smallest absolute Gasteiger partial charge is 0.309 e. The maximum atomic E-state index is 13.1. The molecule has 0 aromatic carbocycles. The topological polar surface area (TPSA) is 126 Å². The third kappa shape index (κ3) is 3.63. The molecule has 3 atom stereocenters. The van der Waals surface area contributed by atoms with E-state index in [0.717, 1.165) is 25.1 Å². The molecule has 178 valence electrons. The molecule has 0 saturated heterocycles. The van der Waals surface area contributed by atoms with Crippen LogP contribution in [0.3, 0.4) is 0 Å². The molecule has 4 aromatic rings. The van der Waals surface area contributed by atoms with Crippen molar-refractivity contribution in [2.24, 2.45) is 0 Å². The van der Waals surface area contributed by atoms with Crippen molar-refractivity contribution in [2.75, 3.05) is 0 Å². The molecule has 1 saturated carbocycles. The standard InChI is InChI=1S/C23H19F3N8O/c1-12(13-4-5-16(30-11-13)23(24,25)26)34-19-17(15(10-27)33-34)20(35)32-21(31-19)22(2)7-6-14(22)18-28-8-3-9-29-18/h3-5,8-9,11-12,14H,6-7H2,1-2H3,(H,31,32,35)/t12-,14+,22-/m1/s1. The lowest BCUT2D eigenvalue weighted by Gasteiger charge is -2.45. The Bertz CT molecular complexity index is 1500. The molecule has 0 radical (unpaired) electrons. The fourth-order valence-electron chi connectivity index (χ4n) is 4.54. The van der Waals surface area contributed by atoms with Gasteiger partial charge < -0.3 is 4.98 Å². The highest BCUT2D eigenvalue weighted by atomic mass is 19.4. The number of pyridine rings is 1. The summed E-state index contributed by atoms with van der Waals surface area (Å²) >= 11 is 0. The van der Waals surface area contributed by atoms with Crippen molar-refractivity contribution < 1.29 is 13.2 Å². The normalized spacial score (nSPS) is 20.9. The van der Waals surface area contributed by atoms with Crippen molar-refractivity contribution >= 4 is 11.0 Å². The van der Waals surface area contributed by atoms with Gasteiger partial charge in [0.25, 0.3) is 5.56 Å². The number of nitriles is 1. The molecule has 1 aliphatic carbocycles. The molecule has 5 rings (SSSR count). The molecule has 0 amide bonds. The van der Waals surface area contributed by atoms with E-state index in [-0.39, 0.29) is 22.6 Å². The van der Waals surface area contributed by atoms with E-state index in [1.165, 1.54) is 10.7 Å². The van der Waals surface area contributed by atoms with E-state index in [2.05, 4.69) is 25.0 Å². The van der Waals surface area contributed by atoms with E-state index in [9.17, 15) is 23.2 Å². The predicted octanol–water partition coefficient (Wildman–Crippen LogP) is 3.64. The zero-order valence-corrected chi connectivity index (χ0v) is 18.7. The van der Waals surface area contributed by atoms with E-state index < -0.39 is 28.9 Å². The van der Waals surface area contributed by atoms with Gasteiger partial charge in [-0.3, -0.25) is 9.78 Å². The Morgan fingerprint density at radius 1 is 1.26 bits per heavy atom. The van der Waals surface area contributed by atoms with Crippen LogP contribution in [0.4, 0.5) is 13.2 Å². The number of nitrogens with one attached hydrogen (secondary N) is 1. The van der Waals surface area contributed by atoms with Gasteiger partial charge in [-0.15, -0.1) is 0 Å². The van der Waals surface area contributed by atoms with Gasteiger partial charge in [-0.2, -0.15) is 23.5 Å². The van der Waals surface area contributed by atoms with Gasteiger partial charge in [0.15, 0.2) is 11.3 Å². The van der Waals surface area contributed by atoms with Gasteiger partial charge in [0.1, 0.15) is 28.8 Å². The number of H-pyrrole nitrogens is 1. The van der Waals surface area contributed by atoms with Crippen molar-refractivity contribution in [3.8, 4) is 6.07 Å². The van der Waals surface area contributed by atoms with Gasteiger partial charge in [-0.25, -0.2) is 19.6 Å². The zero-order valence-electron chi connectivity index (χ0n) is 18.7. The molecule has 0 spiro atoms. The molecular weight excluding hydrogens is 461 g/mol. The maximum absolute atomic E-state index is 13.1. The van der Waals surface area contributed by atoms with Crippen LogP contribution in [0.15, 0.2) is 41.6 Å². The van der Waals surface area contributed by atoms with Crippen molar-refractivity contribution in [3.05, 3.63) is 75.7 Å². The largest absolute Gasteiger partial charge is 0.433 e. The SMILES string of the molecule is C[C@H](c1ccc(C(F)(F)F)nc1)n1nc(C#N)c2c(=O)[nH]c([C@]3(C)CC[C@H]3c3ncccn3)nc21. The Balaban J connectivity index is 1.61. The van der Waals surface area contributed by atoms with Gasteiger partial charge >= 0.3 is 6.18 Å². The molecule has 0 unspecified atom stereocenters. The maximum Gasteiger partial charge on any atom is 0.433 e. The highest BCUT2D eigenvalue weighted by molar-refractivity contribution is 5.80. The Morgan fingerprint density at radius 2 is 2.00 bits per heavy atom. The van der Waals surface area contributed by atoms with Gasteiger partial charge in [-0.05, 0) is 37.5 Å². The second-order valence-electron chi connectivity index (χ2n) is 8.78. The molecule has 1 aliphatic rings. The predicted molar refractivity (Wildman–Crippen MR) is 117 cm³/mol. The average Bonchev–Trinajstić information content (AvgIpc) is 3.22. The summed E-state index contributed by atoms with van der Waals surface area (Å²) in [6, 6.07) is 5.18. The summed E-state index contributed by atoms with van der Waals surface area (Å²) in [7, 11) is 0. The average molecular weight is 480 g/mol. The number of fused-ring (bicyclic) bond motifs is 1. The molecule has 1 N–H and O–H groups in total. The molecule has 4 heterocycles. The molecule has 9 nitrogen and oxygen atoms in total. The van der Waals surface area contributed by atoms with Crippen molar-refractivity contribution in [1.29, 1.82) is 5.26 Å². The summed E-state index contributed by atoms with van der Waals surface area (Å²) in [6.07, 6.45) is 1.43. The second-order valence-corrected chi connectivity index (χ2v) is 8.78. The summed E-state index contributed by atoms with van der Waals surface area (Å²) in [5, 5.41) is 13.9. The van der Waals surface area contributed by atoms with Crippen LogP contribution in [0.1, 0.15) is 67.2 Å². The van der Waals surface area contributed by atoms with Crippen LogP contribution in [0.25, 0.3) is 11.0 Å². The third-order valence-electron chi connectivity index (χ3n) is 6.75. The van der Waals surface area contributed by atoms with Crippen LogP contribution < -0.4 is 5.56 Å². The van der Waals surface area contributed by atoms with Gasteiger partial charge in [0, 0.05) is 29.9 Å². The summed E-state index contributed by atoms with van der Waals surface area (Å²) in [4.78, 5) is 32.8. The molecule has 12 heteroatoms. The van der Waals surface area contributed by atoms with E-state index in [4.69, 9.17) is 4.98 Å². The zero-order chi connectivity index (χ0) is 25.0. The summed E-state index contributed by atoms with van der Waals surface area (Å²) in [6.45, 7) is 3.66. The van der Waals surface area contributed by atoms with Gasteiger partial charge in [0.2, 0.25) is 0 Å². The molecular formula is C23H19F3N8O. The lowest BCUT2D eigenvalue weighted by Crippen LogP contribution is -2.43. The fraction of sp³-hybridized carbons (Fsp3) is 0.348. The molecule has 1 fully saturated rings. The Kier molecular flexibility index (Phi) is 5.16. The van der Waals surface area contributed by atoms with E-state index >= 15 is 0 Å². The summed E-state index contributed by atoms with van der Waals surface area (Å²) in [5.74, 6) is 1.01. The Labute approximate surface area is 196 Å². The summed E-state index contributed by atoms with van der Waals surface area (Å²) in [5.41, 5.74) is -1.59. The van der Waals surface area contributed by atoms with Crippen LogP contribution in [0.2, 0.25) is 0 Å². The van der Waals surface area contributed by atoms with Crippen LogP contribution in [-0.2, 0) is 11.6 Å². The second kappa shape index (κ2) is 7.97. The minimum Gasteiger partial charge on any atom is -0.309 e. The van der Waals surface area contributed by atoms with Crippen molar-refractivity contribution in [3.63, 3.8) is 0 Å². The first-order valence-electron chi connectivity index (χ1n) is 10.9. The number of halogens is 3. The molecule has 35 heavy (non-hydrogen) atoms. The number of aromatic amines is 1. The minimum atomic E-state index is -4.56. The highest BCUT2D eigenvalue weighted by Gasteiger charge is 2.48. The Morgan fingerprint density at radius 3 is 2.57 bits per heavy atom. The number of rotatable bonds is 4. The van der Waals surface area contributed by atoms with Crippen LogP contribution in [-0.4, -0.2) is 34.7 Å². The van der Waals surface area contributed by atoms with E-state index in [1.54, 1.807) is 25.4 Å². The first kappa shape index (κ1) is 22.6. The number of hydrogen-bond donors (Lipinski definition) is 1. The lowest BCUT2D eigenvalue weighted by atomic mass is 9.60. The molecule has 4 aromatic heterocycles. The van der Waals surface area contributed by atoms with E-state index in [0.29, 0.717) is 17.2 Å². The first-order chi connectivity index (χ1) is 16.6. The van der Waals surface area contributed by atoms with Crippen LogP contribution in [0.5, 0.6) is 0 Å². The molecule has 0 bridgehead atoms. The molecule has 0 aliphatic heterocycles. The van der Waals surface area contributed by atoms with Crippen LogP contribution in [0, 0.1) is 11.3 Å². The third-order valence-corrected chi connectivity index (χ3v) is 6.75. The fourth-order valence-corrected chi connectivity index (χ4v) is 4.54. The first-order valence-corrected chi connectivity index (χ1v) is 10.9.